The molecule has 52 heavy (non-hydrogen) atoms. The first-order valence-corrected chi connectivity index (χ1v) is 19.5. The van der Waals surface area contributed by atoms with Gasteiger partial charge in [0.15, 0.2) is 0 Å². The average Bonchev–Trinajstić information content (AvgIpc) is 3.88. The molecule has 0 spiro atoms. The van der Waals surface area contributed by atoms with Crippen molar-refractivity contribution in [3.8, 4) is 43.8 Å². The van der Waals surface area contributed by atoms with E-state index in [4.69, 9.17) is 0 Å². The Bertz CT molecular complexity index is 3050. The van der Waals surface area contributed by atoms with Crippen LogP contribution in [0.15, 0.2) is 181 Å². The standard InChI is InChI=1S/C50H30S2/c1-2-14-31(15-3-1)46-33-16-4-8-20-37(33)48(38-21-9-5-17-34(38)46)42-25-12-24-41-43-30-32(27-28-44(43)52-50(41)42)47-35-18-6-10-22-39(35)49(45-26-13-29-51-45)40-23-11-7-19-36(40)47/h1-30H. The molecule has 2 heteroatoms. The monoisotopic (exact) mass is 694 g/mol. The number of benzene rings is 9. The first-order chi connectivity index (χ1) is 25.8. The van der Waals surface area contributed by atoms with Gasteiger partial charge in [-0.1, -0.05) is 158 Å². The van der Waals surface area contributed by atoms with Crippen LogP contribution in [0.3, 0.4) is 0 Å². The molecule has 0 bridgehead atoms. The molecule has 11 aromatic rings. The molecule has 0 N–H and O–H groups in total. The van der Waals surface area contributed by atoms with Gasteiger partial charge in [0.25, 0.3) is 0 Å². The SMILES string of the molecule is c1ccc(-c2c3ccccc3c(-c3cccc4c3sc3ccc(-c5c6ccccc6c(-c6cccs6)c6ccccc56)cc34)c3ccccc23)cc1. The number of rotatable bonds is 4. The summed E-state index contributed by atoms with van der Waals surface area (Å²) in [6.07, 6.45) is 0. The van der Waals surface area contributed by atoms with E-state index in [2.05, 4.69) is 181 Å². The van der Waals surface area contributed by atoms with Crippen molar-refractivity contribution in [3.63, 3.8) is 0 Å². The fraction of sp³-hybridized carbons (Fsp3) is 0. The Morgan fingerprint density at radius 2 is 0.808 bits per heavy atom. The Labute approximate surface area is 309 Å². The Morgan fingerprint density at radius 3 is 1.37 bits per heavy atom. The molecule has 0 aliphatic heterocycles. The number of fused-ring (bicyclic) bond motifs is 7. The summed E-state index contributed by atoms with van der Waals surface area (Å²) >= 11 is 3.73. The number of hydrogen-bond acceptors (Lipinski definition) is 2. The van der Waals surface area contributed by atoms with Crippen molar-refractivity contribution in [3.05, 3.63) is 181 Å². The predicted molar refractivity (Wildman–Crippen MR) is 229 cm³/mol. The summed E-state index contributed by atoms with van der Waals surface area (Å²) in [7, 11) is 0. The summed E-state index contributed by atoms with van der Waals surface area (Å²) in [6.45, 7) is 0. The molecule has 2 heterocycles. The maximum absolute atomic E-state index is 2.45. The molecule has 242 valence electrons. The van der Waals surface area contributed by atoms with Crippen molar-refractivity contribution in [2.75, 3.05) is 0 Å². The van der Waals surface area contributed by atoms with Gasteiger partial charge in [0.1, 0.15) is 0 Å². The van der Waals surface area contributed by atoms with Crippen LogP contribution in [-0.2, 0) is 0 Å². The third kappa shape index (κ3) is 4.38. The van der Waals surface area contributed by atoms with Crippen molar-refractivity contribution >= 4 is 85.9 Å². The third-order valence-corrected chi connectivity index (χ3v) is 12.9. The highest BCUT2D eigenvalue weighted by atomic mass is 32.1. The minimum Gasteiger partial charge on any atom is -0.144 e. The third-order valence-electron chi connectivity index (χ3n) is 10.7. The van der Waals surface area contributed by atoms with E-state index < -0.39 is 0 Å². The highest BCUT2D eigenvalue weighted by Gasteiger charge is 2.21. The molecule has 2 aromatic heterocycles. The molecule has 0 unspecified atom stereocenters. The van der Waals surface area contributed by atoms with Crippen molar-refractivity contribution in [1.82, 2.24) is 0 Å². The first-order valence-electron chi connectivity index (χ1n) is 17.8. The molecule has 9 aromatic carbocycles. The quantitative estimate of drug-likeness (QED) is 0.161. The van der Waals surface area contributed by atoms with Crippen LogP contribution in [0.5, 0.6) is 0 Å². The van der Waals surface area contributed by atoms with E-state index in [1.54, 1.807) is 0 Å². The van der Waals surface area contributed by atoms with Gasteiger partial charge in [0.2, 0.25) is 0 Å². The molecule has 11 rings (SSSR count). The van der Waals surface area contributed by atoms with Crippen LogP contribution in [0.25, 0.3) is 107 Å². The van der Waals surface area contributed by atoms with Gasteiger partial charge in [-0.05, 0) is 94.5 Å². The molecule has 0 radical (unpaired) electrons. The summed E-state index contributed by atoms with van der Waals surface area (Å²) in [4.78, 5) is 1.31. The van der Waals surface area contributed by atoms with Gasteiger partial charge in [-0.15, -0.1) is 22.7 Å². The molecule has 0 nitrogen and oxygen atoms in total. The summed E-state index contributed by atoms with van der Waals surface area (Å²) in [5.74, 6) is 0. The first kappa shape index (κ1) is 29.6. The van der Waals surface area contributed by atoms with E-state index in [0.717, 1.165) is 0 Å². The van der Waals surface area contributed by atoms with E-state index in [1.807, 2.05) is 22.7 Å². The zero-order chi connectivity index (χ0) is 34.2. The lowest BCUT2D eigenvalue weighted by molar-refractivity contribution is 1.67. The second-order valence-electron chi connectivity index (χ2n) is 13.5. The summed E-state index contributed by atoms with van der Waals surface area (Å²) in [5.41, 5.74) is 9.04. The Kier molecular flexibility index (Phi) is 6.70. The maximum Gasteiger partial charge on any atom is 0.0434 e. The predicted octanol–water partition coefficient (Wildman–Crippen LogP) is 15.4. The Morgan fingerprint density at radius 1 is 0.308 bits per heavy atom. The Hall–Kier alpha value is -6.06. The smallest absolute Gasteiger partial charge is 0.0434 e. The van der Waals surface area contributed by atoms with Gasteiger partial charge in [-0.3, -0.25) is 0 Å². The second kappa shape index (κ2) is 11.7. The molecule has 0 atom stereocenters. The van der Waals surface area contributed by atoms with Crippen LogP contribution < -0.4 is 0 Å². The van der Waals surface area contributed by atoms with Crippen molar-refractivity contribution < 1.29 is 0 Å². The summed E-state index contributed by atoms with van der Waals surface area (Å²) in [5, 5.41) is 15.1. The molecule has 0 aliphatic rings. The number of hydrogen-bond donors (Lipinski definition) is 0. The topological polar surface area (TPSA) is 0 Å². The van der Waals surface area contributed by atoms with Gasteiger partial charge in [-0.25, -0.2) is 0 Å². The van der Waals surface area contributed by atoms with Crippen LogP contribution in [0.4, 0.5) is 0 Å². The fourth-order valence-electron chi connectivity index (χ4n) is 8.61. The molecule has 0 amide bonds. The van der Waals surface area contributed by atoms with Gasteiger partial charge >= 0.3 is 0 Å². The zero-order valence-electron chi connectivity index (χ0n) is 28.1. The lowest BCUT2D eigenvalue weighted by atomic mass is 9.85. The van der Waals surface area contributed by atoms with Crippen LogP contribution in [0.1, 0.15) is 0 Å². The number of thiophene rings is 2. The van der Waals surface area contributed by atoms with E-state index in [-0.39, 0.29) is 0 Å². The summed E-state index contributed by atoms with van der Waals surface area (Å²) < 4.78 is 2.64. The molecule has 0 saturated heterocycles. The summed E-state index contributed by atoms with van der Waals surface area (Å²) in [6, 6.07) is 65.2. The minimum atomic E-state index is 1.25. The average molecular weight is 695 g/mol. The highest BCUT2D eigenvalue weighted by molar-refractivity contribution is 7.26. The van der Waals surface area contributed by atoms with Crippen LogP contribution in [0, 0.1) is 0 Å². The largest absolute Gasteiger partial charge is 0.144 e. The normalized spacial score (nSPS) is 11.8. The molecular weight excluding hydrogens is 665 g/mol. The van der Waals surface area contributed by atoms with E-state index in [1.165, 1.54) is 107 Å². The highest BCUT2D eigenvalue weighted by Crippen LogP contribution is 2.49. The minimum absolute atomic E-state index is 1.25. The lowest BCUT2D eigenvalue weighted by Gasteiger charge is -2.18. The lowest BCUT2D eigenvalue weighted by Crippen LogP contribution is -1.90. The fourth-order valence-corrected chi connectivity index (χ4v) is 10.6. The van der Waals surface area contributed by atoms with Gasteiger partial charge < -0.3 is 0 Å². The van der Waals surface area contributed by atoms with Crippen LogP contribution in [-0.4, -0.2) is 0 Å². The molecule has 0 fully saturated rings. The van der Waals surface area contributed by atoms with E-state index in [9.17, 15) is 0 Å². The van der Waals surface area contributed by atoms with Gasteiger partial charge in [-0.2, -0.15) is 0 Å². The molecule has 0 aliphatic carbocycles. The van der Waals surface area contributed by atoms with Crippen LogP contribution in [0.2, 0.25) is 0 Å². The molecular formula is C50H30S2. The van der Waals surface area contributed by atoms with Gasteiger partial charge in [0, 0.05) is 36.2 Å². The van der Waals surface area contributed by atoms with Crippen molar-refractivity contribution in [2.45, 2.75) is 0 Å². The van der Waals surface area contributed by atoms with E-state index in [0.29, 0.717) is 0 Å². The zero-order valence-corrected chi connectivity index (χ0v) is 29.8. The van der Waals surface area contributed by atoms with Gasteiger partial charge in [0.05, 0.1) is 0 Å². The second-order valence-corrected chi connectivity index (χ2v) is 15.5. The molecule has 0 saturated carbocycles. The van der Waals surface area contributed by atoms with Crippen LogP contribution >= 0.6 is 22.7 Å². The Balaban J connectivity index is 1.19. The van der Waals surface area contributed by atoms with Crippen molar-refractivity contribution in [1.29, 1.82) is 0 Å². The van der Waals surface area contributed by atoms with E-state index >= 15 is 0 Å². The maximum atomic E-state index is 2.45. The van der Waals surface area contributed by atoms with Crippen molar-refractivity contribution in [2.24, 2.45) is 0 Å².